The zero-order valence-electron chi connectivity index (χ0n) is 11.4. The highest BCUT2D eigenvalue weighted by molar-refractivity contribution is 5.84. The second kappa shape index (κ2) is 6.20. The molecule has 2 heteroatoms. The lowest BCUT2D eigenvalue weighted by atomic mass is 9.87. The monoisotopic (exact) mass is 244 g/mol. The van der Waals surface area contributed by atoms with Crippen LogP contribution in [0.2, 0.25) is 0 Å². The minimum absolute atomic E-state index is 0.106. The SMILES string of the molecule is C/C=C/C=C/C(=O)Oc1ccc(C(C)(C)C)cc1. The van der Waals surface area contributed by atoms with E-state index in [4.69, 9.17) is 4.74 Å². The summed E-state index contributed by atoms with van der Waals surface area (Å²) in [5.41, 5.74) is 1.32. The van der Waals surface area contributed by atoms with Gasteiger partial charge >= 0.3 is 5.97 Å². The Bertz CT molecular complexity index is 445. The summed E-state index contributed by atoms with van der Waals surface area (Å²) in [7, 11) is 0. The van der Waals surface area contributed by atoms with Crippen molar-refractivity contribution in [2.75, 3.05) is 0 Å². The molecular formula is C16H20O2. The van der Waals surface area contributed by atoms with Crippen LogP contribution in [0, 0.1) is 0 Å². The highest BCUT2D eigenvalue weighted by Gasteiger charge is 2.13. The normalized spacial score (nSPS) is 12.2. The molecule has 0 heterocycles. The number of rotatable bonds is 3. The molecule has 1 rings (SSSR count). The van der Waals surface area contributed by atoms with Crippen molar-refractivity contribution in [3.05, 3.63) is 54.1 Å². The Hall–Kier alpha value is -1.83. The highest BCUT2D eigenvalue weighted by atomic mass is 16.5. The van der Waals surface area contributed by atoms with Crippen molar-refractivity contribution in [3.8, 4) is 5.75 Å². The summed E-state index contributed by atoms with van der Waals surface area (Å²) in [6.07, 6.45) is 6.69. The molecule has 0 saturated heterocycles. The first kappa shape index (κ1) is 14.2. The Morgan fingerprint density at radius 3 is 2.22 bits per heavy atom. The van der Waals surface area contributed by atoms with Gasteiger partial charge in [0.1, 0.15) is 5.75 Å². The van der Waals surface area contributed by atoms with Gasteiger partial charge < -0.3 is 4.74 Å². The maximum Gasteiger partial charge on any atom is 0.336 e. The predicted octanol–water partition coefficient (Wildman–Crippen LogP) is 4.02. The number of hydrogen-bond acceptors (Lipinski definition) is 2. The van der Waals surface area contributed by atoms with Crippen molar-refractivity contribution in [3.63, 3.8) is 0 Å². The summed E-state index contributed by atoms with van der Waals surface area (Å²) in [5, 5.41) is 0. The van der Waals surface area contributed by atoms with Gasteiger partial charge in [0.25, 0.3) is 0 Å². The molecule has 0 aliphatic rings. The lowest BCUT2D eigenvalue weighted by Gasteiger charge is -2.18. The van der Waals surface area contributed by atoms with Crippen LogP contribution in [-0.2, 0) is 10.2 Å². The molecule has 0 bridgehead atoms. The van der Waals surface area contributed by atoms with Crippen LogP contribution in [0.5, 0.6) is 5.75 Å². The quantitative estimate of drug-likeness (QED) is 0.347. The first-order chi connectivity index (χ1) is 8.43. The van der Waals surface area contributed by atoms with Crippen LogP contribution in [0.25, 0.3) is 0 Å². The van der Waals surface area contributed by atoms with E-state index < -0.39 is 0 Å². The summed E-state index contributed by atoms with van der Waals surface area (Å²) in [6, 6.07) is 7.61. The molecule has 0 aliphatic heterocycles. The van der Waals surface area contributed by atoms with E-state index in [-0.39, 0.29) is 11.4 Å². The van der Waals surface area contributed by atoms with Crippen LogP contribution in [0.4, 0.5) is 0 Å². The van der Waals surface area contributed by atoms with Gasteiger partial charge in [0.15, 0.2) is 0 Å². The third-order valence-corrected chi connectivity index (χ3v) is 2.47. The summed E-state index contributed by atoms with van der Waals surface area (Å²) >= 11 is 0. The van der Waals surface area contributed by atoms with E-state index in [0.29, 0.717) is 5.75 Å². The molecule has 0 N–H and O–H groups in total. The van der Waals surface area contributed by atoms with Crippen molar-refractivity contribution in [2.45, 2.75) is 33.1 Å². The fourth-order valence-corrected chi connectivity index (χ4v) is 1.42. The molecule has 0 unspecified atom stereocenters. The standard InChI is InChI=1S/C16H20O2/c1-5-6-7-8-15(17)18-14-11-9-13(10-12-14)16(2,3)4/h5-12H,1-4H3/b6-5+,8-7+. The van der Waals surface area contributed by atoms with E-state index in [1.807, 2.05) is 37.3 Å². The molecule has 96 valence electrons. The van der Waals surface area contributed by atoms with E-state index in [9.17, 15) is 4.79 Å². The third-order valence-electron chi connectivity index (χ3n) is 2.47. The van der Waals surface area contributed by atoms with E-state index >= 15 is 0 Å². The minimum Gasteiger partial charge on any atom is -0.423 e. The molecule has 1 aromatic rings. The van der Waals surface area contributed by atoms with Gasteiger partial charge in [-0.1, -0.05) is 51.1 Å². The molecule has 0 atom stereocenters. The molecule has 0 aliphatic carbocycles. The number of esters is 1. The van der Waals surface area contributed by atoms with Crippen LogP contribution >= 0.6 is 0 Å². The number of hydrogen-bond donors (Lipinski definition) is 0. The van der Waals surface area contributed by atoms with Crippen molar-refractivity contribution in [1.82, 2.24) is 0 Å². The van der Waals surface area contributed by atoms with Crippen molar-refractivity contribution < 1.29 is 9.53 Å². The van der Waals surface area contributed by atoms with Crippen molar-refractivity contribution in [2.24, 2.45) is 0 Å². The van der Waals surface area contributed by atoms with E-state index in [1.165, 1.54) is 11.6 Å². The number of benzene rings is 1. The second-order valence-electron chi connectivity index (χ2n) is 5.08. The second-order valence-corrected chi connectivity index (χ2v) is 5.08. The van der Waals surface area contributed by atoms with Crippen molar-refractivity contribution >= 4 is 5.97 Å². The molecule has 1 aromatic carbocycles. The van der Waals surface area contributed by atoms with Gasteiger partial charge in [0, 0.05) is 6.08 Å². The van der Waals surface area contributed by atoms with Gasteiger partial charge in [-0.2, -0.15) is 0 Å². The van der Waals surface area contributed by atoms with Gasteiger partial charge in [-0.3, -0.25) is 0 Å². The Kier molecular flexibility index (Phi) is 4.90. The lowest BCUT2D eigenvalue weighted by Crippen LogP contribution is -2.11. The van der Waals surface area contributed by atoms with Crippen LogP contribution in [0.15, 0.2) is 48.6 Å². The molecular weight excluding hydrogens is 224 g/mol. The molecule has 0 spiro atoms. The number of carbonyl (C=O) groups is 1. The van der Waals surface area contributed by atoms with Gasteiger partial charge in [-0.05, 0) is 30.0 Å². The molecule has 0 saturated carbocycles. The maximum atomic E-state index is 11.4. The average molecular weight is 244 g/mol. The fraction of sp³-hybridized carbons (Fsp3) is 0.312. The molecule has 0 aromatic heterocycles. The summed E-state index contributed by atoms with van der Waals surface area (Å²) in [5.74, 6) is 0.203. The summed E-state index contributed by atoms with van der Waals surface area (Å²) in [4.78, 5) is 11.4. The highest BCUT2D eigenvalue weighted by Crippen LogP contribution is 2.24. The Labute approximate surface area is 109 Å². The number of carbonyl (C=O) groups excluding carboxylic acids is 1. The summed E-state index contributed by atoms with van der Waals surface area (Å²) < 4.78 is 5.17. The van der Waals surface area contributed by atoms with Gasteiger partial charge in [0.05, 0.1) is 0 Å². The van der Waals surface area contributed by atoms with Crippen LogP contribution < -0.4 is 4.74 Å². The van der Waals surface area contributed by atoms with Crippen LogP contribution in [0.1, 0.15) is 33.3 Å². The molecule has 0 amide bonds. The molecule has 2 nitrogen and oxygen atoms in total. The maximum absolute atomic E-state index is 11.4. The molecule has 18 heavy (non-hydrogen) atoms. The fourth-order valence-electron chi connectivity index (χ4n) is 1.42. The summed E-state index contributed by atoms with van der Waals surface area (Å²) in [6.45, 7) is 8.33. The van der Waals surface area contributed by atoms with Gasteiger partial charge in [-0.25, -0.2) is 4.79 Å². The predicted molar refractivity (Wildman–Crippen MR) is 74.7 cm³/mol. The Morgan fingerprint density at radius 1 is 1.11 bits per heavy atom. The molecule has 0 fully saturated rings. The van der Waals surface area contributed by atoms with E-state index in [2.05, 4.69) is 20.8 Å². The zero-order chi connectivity index (χ0) is 13.6. The lowest BCUT2D eigenvalue weighted by molar-refractivity contribution is -0.128. The van der Waals surface area contributed by atoms with Gasteiger partial charge in [-0.15, -0.1) is 0 Å². The minimum atomic E-state index is -0.364. The van der Waals surface area contributed by atoms with Crippen molar-refractivity contribution in [1.29, 1.82) is 0 Å². The average Bonchev–Trinajstić information content (AvgIpc) is 2.29. The third kappa shape index (κ3) is 4.58. The molecule has 0 radical (unpaired) electrons. The Balaban J connectivity index is 2.67. The topological polar surface area (TPSA) is 26.3 Å². The van der Waals surface area contributed by atoms with Crippen LogP contribution in [-0.4, -0.2) is 5.97 Å². The van der Waals surface area contributed by atoms with Crippen LogP contribution in [0.3, 0.4) is 0 Å². The Morgan fingerprint density at radius 2 is 1.72 bits per heavy atom. The number of allylic oxidation sites excluding steroid dienone is 3. The smallest absolute Gasteiger partial charge is 0.336 e. The first-order valence-electron chi connectivity index (χ1n) is 6.05. The van der Waals surface area contributed by atoms with Gasteiger partial charge in [0.2, 0.25) is 0 Å². The zero-order valence-corrected chi connectivity index (χ0v) is 11.4. The number of ether oxygens (including phenoxy) is 1. The van der Waals surface area contributed by atoms with E-state index in [0.717, 1.165) is 0 Å². The largest absolute Gasteiger partial charge is 0.423 e. The first-order valence-corrected chi connectivity index (χ1v) is 6.05. The van der Waals surface area contributed by atoms with E-state index in [1.54, 1.807) is 12.2 Å².